The summed E-state index contributed by atoms with van der Waals surface area (Å²) in [6, 6.07) is 16.2. The molecule has 0 unspecified atom stereocenters. The number of hydrogen-bond acceptors (Lipinski definition) is 3. The van der Waals surface area contributed by atoms with E-state index in [9.17, 15) is 9.59 Å². The molecule has 2 heterocycles. The number of rotatable bonds is 9. The first-order chi connectivity index (χ1) is 15.6. The molecule has 0 atom stereocenters. The van der Waals surface area contributed by atoms with Gasteiger partial charge in [-0.1, -0.05) is 43.7 Å². The minimum absolute atomic E-state index is 0.0266. The zero-order valence-electron chi connectivity index (χ0n) is 18.7. The molecule has 1 aromatic heterocycles. The van der Waals surface area contributed by atoms with E-state index < -0.39 is 0 Å². The molecule has 5 nitrogen and oxygen atoms in total. The predicted octanol–water partition coefficient (Wildman–Crippen LogP) is 5.34. The van der Waals surface area contributed by atoms with E-state index in [4.69, 9.17) is 0 Å². The molecule has 168 valence electrons. The highest BCUT2D eigenvalue weighted by molar-refractivity contribution is 8.00. The Balaban J connectivity index is 1.38. The normalized spacial score (nSPS) is 13.6. The molecule has 1 aliphatic rings. The zero-order valence-corrected chi connectivity index (χ0v) is 19.5. The molecule has 1 saturated heterocycles. The number of nitrogens with zero attached hydrogens (tertiary/aromatic N) is 2. The molecule has 3 aromatic rings. The average Bonchev–Trinajstić information content (AvgIpc) is 3.46. The van der Waals surface area contributed by atoms with Gasteiger partial charge in [-0.2, -0.15) is 0 Å². The van der Waals surface area contributed by atoms with Gasteiger partial charge in [0.1, 0.15) is 6.54 Å². The van der Waals surface area contributed by atoms with Gasteiger partial charge in [-0.15, -0.1) is 11.8 Å². The van der Waals surface area contributed by atoms with Crippen molar-refractivity contribution in [1.29, 1.82) is 0 Å². The van der Waals surface area contributed by atoms with Crippen LogP contribution >= 0.6 is 11.8 Å². The second kappa shape index (κ2) is 10.7. The van der Waals surface area contributed by atoms with E-state index in [1.54, 1.807) is 0 Å². The van der Waals surface area contributed by atoms with Gasteiger partial charge in [0.05, 0.1) is 5.75 Å². The molecule has 1 N–H and O–H groups in total. The van der Waals surface area contributed by atoms with E-state index in [2.05, 4.69) is 30.4 Å². The van der Waals surface area contributed by atoms with Crippen molar-refractivity contribution < 1.29 is 9.59 Å². The third-order valence-electron chi connectivity index (χ3n) is 5.93. The van der Waals surface area contributed by atoms with Crippen molar-refractivity contribution in [1.82, 2.24) is 9.47 Å². The van der Waals surface area contributed by atoms with E-state index in [1.807, 2.05) is 46.0 Å². The highest BCUT2D eigenvalue weighted by atomic mass is 32.2. The number of unbranched alkanes of at least 4 members (excludes halogenated alkanes) is 1. The minimum atomic E-state index is -0.0266. The number of hydrogen-bond donors (Lipinski definition) is 1. The van der Waals surface area contributed by atoms with Gasteiger partial charge in [-0.25, -0.2) is 0 Å². The summed E-state index contributed by atoms with van der Waals surface area (Å²) >= 11 is 1.51. The number of likely N-dealkylation sites (tertiary alicyclic amines) is 1. The topological polar surface area (TPSA) is 54.3 Å². The number of nitrogens with one attached hydrogen (secondary N) is 1. The Morgan fingerprint density at radius 3 is 2.53 bits per heavy atom. The lowest BCUT2D eigenvalue weighted by Gasteiger charge is -2.15. The number of carbonyl (C=O) groups excluding carboxylic acids is 2. The van der Waals surface area contributed by atoms with Crippen molar-refractivity contribution in [3.63, 3.8) is 0 Å². The highest BCUT2D eigenvalue weighted by Crippen LogP contribution is 2.30. The number of thioether (sulfide) groups is 1. The van der Waals surface area contributed by atoms with Crippen LogP contribution in [0, 0.1) is 0 Å². The third-order valence-corrected chi connectivity index (χ3v) is 6.97. The number of fused-ring (bicyclic) bond motifs is 1. The lowest BCUT2D eigenvalue weighted by atomic mass is 10.1. The standard InChI is InChI=1S/C26H31N3O2S/c1-2-3-8-20-11-13-21(14-12-20)27-25(30)19-32-24-17-29(23-10-5-4-9-22(23)24)18-26(31)28-15-6-7-16-28/h4-5,9-14,17H,2-3,6-8,15-16,18-19H2,1H3,(H,27,30). The molecule has 1 aliphatic heterocycles. The molecule has 1 fully saturated rings. The van der Waals surface area contributed by atoms with Crippen molar-refractivity contribution in [2.45, 2.75) is 50.5 Å². The molecular formula is C26H31N3O2S. The van der Waals surface area contributed by atoms with E-state index in [1.165, 1.54) is 30.2 Å². The van der Waals surface area contributed by atoms with Gasteiger partial charge in [0.15, 0.2) is 0 Å². The van der Waals surface area contributed by atoms with Gasteiger partial charge in [0.2, 0.25) is 11.8 Å². The van der Waals surface area contributed by atoms with Crippen molar-refractivity contribution in [3.05, 3.63) is 60.3 Å². The van der Waals surface area contributed by atoms with Gasteiger partial charge in [-0.05, 0) is 49.4 Å². The first-order valence-corrected chi connectivity index (χ1v) is 12.5. The molecule has 0 radical (unpaired) electrons. The van der Waals surface area contributed by atoms with Crippen LogP contribution in [-0.4, -0.2) is 40.1 Å². The molecule has 0 aliphatic carbocycles. The quantitative estimate of drug-likeness (QED) is 0.449. The lowest BCUT2D eigenvalue weighted by Crippen LogP contribution is -2.30. The summed E-state index contributed by atoms with van der Waals surface area (Å²) in [5, 5.41) is 4.08. The van der Waals surface area contributed by atoms with Gasteiger partial charge in [-0.3, -0.25) is 9.59 Å². The Morgan fingerprint density at radius 1 is 1.03 bits per heavy atom. The Morgan fingerprint density at radius 2 is 1.78 bits per heavy atom. The summed E-state index contributed by atoms with van der Waals surface area (Å²) in [6.07, 6.45) is 7.63. The summed E-state index contributed by atoms with van der Waals surface area (Å²) in [6.45, 7) is 4.26. The number of anilines is 1. The molecular weight excluding hydrogens is 418 g/mol. The second-order valence-electron chi connectivity index (χ2n) is 8.36. The van der Waals surface area contributed by atoms with E-state index in [0.717, 1.165) is 53.8 Å². The highest BCUT2D eigenvalue weighted by Gasteiger charge is 2.19. The van der Waals surface area contributed by atoms with E-state index in [0.29, 0.717) is 12.3 Å². The molecule has 6 heteroatoms. The van der Waals surface area contributed by atoms with Crippen LogP contribution in [0.1, 0.15) is 38.2 Å². The van der Waals surface area contributed by atoms with E-state index in [-0.39, 0.29) is 11.8 Å². The number of amides is 2. The summed E-state index contributed by atoms with van der Waals surface area (Å²) < 4.78 is 2.02. The lowest BCUT2D eigenvalue weighted by molar-refractivity contribution is -0.130. The Labute approximate surface area is 194 Å². The number of benzene rings is 2. The fourth-order valence-electron chi connectivity index (χ4n) is 4.15. The summed E-state index contributed by atoms with van der Waals surface area (Å²) in [7, 11) is 0. The fourth-order valence-corrected chi connectivity index (χ4v) is 5.04. The average molecular weight is 450 g/mol. The summed E-state index contributed by atoms with van der Waals surface area (Å²) in [5.74, 6) is 0.465. The van der Waals surface area contributed by atoms with Crippen molar-refractivity contribution in [2.24, 2.45) is 0 Å². The Hall–Kier alpha value is -2.73. The molecule has 0 bridgehead atoms. The maximum absolute atomic E-state index is 12.7. The van der Waals surface area contributed by atoms with Gasteiger partial charge in [0.25, 0.3) is 0 Å². The second-order valence-corrected chi connectivity index (χ2v) is 9.38. The van der Waals surface area contributed by atoms with Crippen LogP contribution < -0.4 is 5.32 Å². The Kier molecular flexibility index (Phi) is 7.53. The van der Waals surface area contributed by atoms with Crippen LogP contribution in [0.2, 0.25) is 0 Å². The third kappa shape index (κ3) is 5.54. The summed E-state index contributed by atoms with van der Waals surface area (Å²) in [4.78, 5) is 28.2. The van der Waals surface area contributed by atoms with Crippen molar-refractivity contribution >= 4 is 40.2 Å². The number of para-hydroxylation sites is 1. The van der Waals surface area contributed by atoms with Crippen LogP contribution in [0.4, 0.5) is 5.69 Å². The first kappa shape index (κ1) is 22.5. The van der Waals surface area contributed by atoms with Crippen molar-refractivity contribution in [2.75, 3.05) is 24.2 Å². The zero-order chi connectivity index (χ0) is 22.3. The molecule has 2 amide bonds. The smallest absolute Gasteiger partial charge is 0.242 e. The van der Waals surface area contributed by atoms with Crippen LogP contribution in [0.5, 0.6) is 0 Å². The SMILES string of the molecule is CCCCc1ccc(NC(=O)CSc2cn(CC(=O)N3CCCC3)c3ccccc23)cc1. The van der Waals surface area contributed by atoms with Crippen LogP contribution in [0.25, 0.3) is 10.9 Å². The van der Waals surface area contributed by atoms with Crippen LogP contribution in [0.3, 0.4) is 0 Å². The number of carbonyl (C=O) groups is 2. The summed E-state index contributed by atoms with van der Waals surface area (Å²) in [5.41, 5.74) is 3.16. The Bertz CT molecular complexity index is 1070. The fraction of sp³-hybridized carbons (Fsp3) is 0.385. The first-order valence-electron chi connectivity index (χ1n) is 11.5. The molecule has 4 rings (SSSR count). The monoisotopic (exact) mass is 449 g/mol. The van der Waals surface area contributed by atoms with Gasteiger partial charge >= 0.3 is 0 Å². The minimum Gasteiger partial charge on any atom is -0.341 e. The predicted molar refractivity (Wildman–Crippen MR) is 132 cm³/mol. The van der Waals surface area contributed by atoms with Gasteiger partial charge < -0.3 is 14.8 Å². The molecule has 0 spiro atoms. The number of aromatic nitrogens is 1. The maximum Gasteiger partial charge on any atom is 0.242 e. The molecule has 0 saturated carbocycles. The maximum atomic E-state index is 12.7. The van der Waals surface area contributed by atoms with Crippen LogP contribution in [0.15, 0.2) is 59.6 Å². The molecule has 2 aromatic carbocycles. The number of aryl methyl sites for hydroxylation is 1. The van der Waals surface area contributed by atoms with Gasteiger partial charge in [0, 0.05) is 40.8 Å². The largest absolute Gasteiger partial charge is 0.341 e. The molecule has 32 heavy (non-hydrogen) atoms. The van der Waals surface area contributed by atoms with E-state index >= 15 is 0 Å². The van der Waals surface area contributed by atoms with Crippen molar-refractivity contribution in [3.8, 4) is 0 Å². The van der Waals surface area contributed by atoms with Crippen LogP contribution in [-0.2, 0) is 22.6 Å².